The molecular formula is C19H14N2O5S. The lowest BCUT2D eigenvalue weighted by Gasteiger charge is -2.21. The Hall–Kier alpha value is -3.39. The maximum absolute atomic E-state index is 13.4. The van der Waals surface area contributed by atoms with Gasteiger partial charge >= 0.3 is 5.91 Å². The first-order valence-electron chi connectivity index (χ1n) is 8.04. The van der Waals surface area contributed by atoms with Crippen LogP contribution in [0.15, 0.2) is 87.1 Å². The van der Waals surface area contributed by atoms with Crippen LogP contribution in [-0.4, -0.2) is 23.6 Å². The summed E-state index contributed by atoms with van der Waals surface area (Å²) in [5.41, 5.74) is 0.289. The summed E-state index contributed by atoms with van der Waals surface area (Å²) in [6.07, 6.45) is 4.23. The number of amides is 1. The van der Waals surface area contributed by atoms with Crippen molar-refractivity contribution >= 4 is 26.8 Å². The number of aromatic nitrogens is 1. The number of benzene rings is 1. The second-order valence-electron chi connectivity index (χ2n) is 5.70. The lowest BCUT2D eigenvalue weighted by atomic mass is 10.2. The minimum absolute atomic E-state index is 0.0629. The first kappa shape index (κ1) is 17.0. The lowest BCUT2D eigenvalue weighted by molar-refractivity contribution is 0.0818. The van der Waals surface area contributed by atoms with Crippen molar-refractivity contribution < 1.29 is 22.0 Å². The third kappa shape index (κ3) is 3.11. The summed E-state index contributed by atoms with van der Waals surface area (Å²) in [5, 5.41) is 0.655. The Morgan fingerprint density at radius 1 is 0.963 bits per heavy atom. The number of pyridine rings is 1. The van der Waals surface area contributed by atoms with Gasteiger partial charge in [-0.1, -0.05) is 18.2 Å². The molecule has 3 aromatic heterocycles. The van der Waals surface area contributed by atoms with Gasteiger partial charge in [-0.15, -0.1) is 0 Å². The topological polar surface area (TPSA) is 93.6 Å². The molecule has 8 heteroatoms. The first-order chi connectivity index (χ1) is 13.1. The molecule has 0 unspecified atom stereocenters. The molecule has 0 N–H and O–H groups in total. The summed E-state index contributed by atoms with van der Waals surface area (Å²) in [7, 11) is -4.23. The first-order valence-corrected chi connectivity index (χ1v) is 9.48. The average Bonchev–Trinajstić information content (AvgIpc) is 3.39. The fourth-order valence-electron chi connectivity index (χ4n) is 2.74. The quantitative estimate of drug-likeness (QED) is 0.525. The van der Waals surface area contributed by atoms with Crippen molar-refractivity contribution in [2.45, 2.75) is 11.4 Å². The highest BCUT2D eigenvalue weighted by atomic mass is 32.2. The number of para-hydroxylation sites is 1. The van der Waals surface area contributed by atoms with Crippen LogP contribution in [0, 0.1) is 0 Å². The van der Waals surface area contributed by atoms with Crippen LogP contribution >= 0.6 is 0 Å². The van der Waals surface area contributed by atoms with Crippen molar-refractivity contribution in [3.63, 3.8) is 0 Å². The molecule has 3 heterocycles. The minimum Gasteiger partial charge on any atom is -0.467 e. The van der Waals surface area contributed by atoms with Gasteiger partial charge in [-0.3, -0.25) is 9.78 Å². The van der Waals surface area contributed by atoms with E-state index in [1.807, 2.05) is 0 Å². The van der Waals surface area contributed by atoms with Crippen LogP contribution < -0.4 is 0 Å². The number of sulfonamides is 1. The number of carbonyl (C=O) groups excluding carboxylic acids is 1. The minimum atomic E-state index is -4.23. The molecule has 4 rings (SSSR count). The second-order valence-corrected chi connectivity index (χ2v) is 7.54. The number of rotatable bonds is 5. The largest absolute Gasteiger partial charge is 0.467 e. The monoisotopic (exact) mass is 382 g/mol. The predicted molar refractivity (Wildman–Crippen MR) is 96.2 cm³/mol. The molecule has 7 nitrogen and oxygen atoms in total. The Morgan fingerprint density at radius 2 is 1.74 bits per heavy atom. The summed E-state index contributed by atoms with van der Waals surface area (Å²) < 4.78 is 37.9. The zero-order valence-electron chi connectivity index (χ0n) is 14.0. The third-order valence-electron chi connectivity index (χ3n) is 4.00. The van der Waals surface area contributed by atoms with Crippen molar-refractivity contribution in [2.75, 3.05) is 0 Å². The molecule has 0 atom stereocenters. The van der Waals surface area contributed by atoms with E-state index in [2.05, 4.69) is 4.98 Å². The molecule has 27 heavy (non-hydrogen) atoms. The smallest absolute Gasteiger partial charge is 0.303 e. The average molecular weight is 382 g/mol. The standard InChI is InChI=1S/C19H14N2O5S/c22-19(16-8-4-12-26-16)21(13-15-7-3-11-25-15)27(23,24)17-9-1-5-14-6-2-10-20-18(14)17/h1-12H,13H2. The van der Waals surface area contributed by atoms with E-state index < -0.39 is 15.9 Å². The molecule has 0 fully saturated rings. The molecular weight excluding hydrogens is 368 g/mol. The van der Waals surface area contributed by atoms with E-state index in [-0.39, 0.29) is 22.7 Å². The number of fused-ring (bicyclic) bond motifs is 1. The summed E-state index contributed by atoms with van der Waals surface area (Å²) in [5.74, 6) is -0.547. The molecule has 0 radical (unpaired) electrons. The Bertz CT molecular complexity index is 1180. The second kappa shape index (κ2) is 6.73. The molecule has 0 spiro atoms. The fraction of sp³-hybridized carbons (Fsp3) is 0.0526. The van der Waals surface area contributed by atoms with Gasteiger partial charge in [0.1, 0.15) is 10.7 Å². The normalized spacial score (nSPS) is 11.6. The van der Waals surface area contributed by atoms with Gasteiger partial charge in [0.05, 0.1) is 24.6 Å². The zero-order chi connectivity index (χ0) is 18.9. The van der Waals surface area contributed by atoms with Crippen molar-refractivity contribution in [1.82, 2.24) is 9.29 Å². The van der Waals surface area contributed by atoms with Gasteiger partial charge in [-0.05, 0) is 36.4 Å². The van der Waals surface area contributed by atoms with Gasteiger partial charge < -0.3 is 8.83 Å². The van der Waals surface area contributed by atoms with E-state index in [0.717, 1.165) is 4.31 Å². The number of hydrogen-bond acceptors (Lipinski definition) is 6. The third-order valence-corrected chi connectivity index (χ3v) is 5.76. The van der Waals surface area contributed by atoms with Crippen LogP contribution in [0.4, 0.5) is 0 Å². The highest BCUT2D eigenvalue weighted by Crippen LogP contribution is 2.26. The molecule has 1 amide bonds. The summed E-state index contributed by atoms with van der Waals surface area (Å²) in [6.45, 7) is -0.266. The van der Waals surface area contributed by atoms with E-state index in [0.29, 0.717) is 11.1 Å². The fourth-order valence-corrected chi connectivity index (χ4v) is 4.24. The number of furan rings is 2. The van der Waals surface area contributed by atoms with Crippen molar-refractivity contribution in [2.24, 2.45) is 0 Å². The van der Waals surface area contributed by atoms with Gasteiger partial charge in [0.25, 0.3) is 10.0 Å². The summed E-state index contributed by atoms with van der Waals surface area (Å²) >= 11 is 0. The number of carbonyl (C=O) groups is 1. The van der Waals surface area contributed by atoms with Crippen LogP contribution in [0.3, 0.4) is 0 Å². The van der Waals surface area contributed by atoms with Crippen molar-refractivity contribution in [3.8, 4) is 0 Å². The summed E-state index contributed by atoms with van der Waals surface area (Å²) in [4.78, 5) is 17.0. The van der Waals surface area contributed by atoms with Gasteiger partial charge in [-0.25, -0.2) is 12.7 Å². The Balaban J connectivity index is 1.86. The molecule has 0 aliphatic heterocycles. The van der Waals surface area contributed by atoms with E-state index in [1.165, 1.54) is 36.9 Å². The van der Waals surface area contributed by atoms with Gasteiger partial charge in [0.2, 0.25) is 0 Å². The van der Waals surface area contributed by atoms with E-state index in [1.54, 1.807) is 36.4 Å². The van der Waals surface area contributed by atoms with Crippen molar-refractivity contribution in [1.29, 1.82) is 0 Å². The molecule has 0 saturated carbocycles. The van der Waals surface area contributed by atoms with Crippen LogP contribution in [0.5, 0.6) is 0 Å². The van der Waals surface area contributed by atoms with E-state index in [9.17, 15) is 13.2 Å². The Labute approximate surface area is 154 Å². The van der Waals surface area contributed by atoms with Crippen LogP contribution in [0.2, 0.25) is 0 Å². The molecule has 136 valence electrons. The lowest BCUT2D eigenvalue weighted by Crippen LogP contribution is -2.36. The molecule has 0 aliphatic carbocycles. The molecule has 0 aliphatic rings. The molecule has 1 aromatic carbocycles. The van der Waals surface area contributed by atoms with Gasteiger partial charge in [0, 0.05) is 11.6 Å². The maximum atomic E-state index is 13.4. The SMILES string of the molecule is O=C(c1ccco1)N(Cc1ccco1)S(=O)(=O)c1cccc2cccnc12. The number of nitrogens with zero attached hydrogens (tertiary/aromatic N) is 2. The van der Waals surface area contributed by atoms with E-state index in [4.69, 9.17) is 8.83 Å². The van der Waals surface area contributed by atoms with Crippen LogP contribution in [0.25, 0.3) is 10.9 Å². The van der Waals surface area contributed by atoms with Gasteiger partial charge in [0.15, 0.2) is 5.76 Å². The Kier molecular flexibility index (Phi) is 4.25. The van der Waals surface area contributed by atoms with Crippen LogP contribution in [0.1, 0.15) is 16.3 Å². The van der Waals surface area contributed by atoms with Crippen molar-refractivity contribution in [3.05, 3.63) is 84.8 Å². The van der Waals surface area contributed by atoms with Crippen LogP contribution in [-0.2, 0) is 16.6 Å². The highest BCUT2D eigenvalue weighted by molar-refractivity contribution is 7.89. The zero-order valence-corrected chi connectivity index (χ0v) is 14.8. The maximum Gasteiger partial charge on any atom is 0.303 e. The Morgan fingerprint density at radius 3 is 2.48 bits per heavy atom. The molecule has 4 aromatic rings. The van der Waals surface area contributed by atoms with Gasteiger partial charge in [-0.2, -0.15) is 0 Å². The molecule has 0 bridgehead atoms. The highest BCUT2D eigenvalue weighted by Gasteiger charge is 2.34. The summed E-state index contributed by atoms with van der Waals surface area (Å²) in [6, 6.07) is 14.4. The predicted octanol–water partition coefficient (Wildman–Crippen LogP) is 3.45. The van der Waals surface area contributed by atoms with E-state index >= 15 is 0 Å². The molecule has 0 saturated heterocycles. The number of hydrogen-bond donors (Lipinski definition) is 0.